The molecule has 0 amide bonds. The average molecular weight is 370 g/mol. The van der Waals surface area contributed by atoms with Crippen LogP contribution >= 0.6 is 27.5 Å². The summed E-state index contributed by atoms with van der Waals surface area (Å²) in [7, 11) is -3.25. The molecule has 0 spiro atoms. The zero-order valence-corrected chi connectivity index (χ0v) is 14.2. The van der Waals surface area contributed by atoms with Gasteiger partial charge >= 0.3 is 0 Å². The second-order valence-electron chi connectivity index (χ2n) is 5.03. The molecular weight excluding hydrogens is 352 g/mol. The number of hydrazine groups is 1. The van der Waals surface area contributed by atoms with Crippen molar-refractivity contribution in [2.24, 2.45) is 5.84 Å². The van der Waals surface area contributed by atoms with E-state index in [2.05, 4.69) is 21.4 Å². The molecule has 0 saturated heterocycles. The van der Waals surface area contributed by atoms with Gasteiger partial charge in [-0.25, -0.2) is 8.42 Å². The smallest absolute Gasteiger partial charge is 0.154 e. The summed E-state index contributed by atoms with van der Waals surface area (Å²) in [5.74, 6) is 5.52. The molecule has 1 atom stereocenters. The van der Waals surface area contributed by atoms with Gasteiger partial charge in [-0.2, -0.15) is 0 Å². The second-order valence-corrected chi connectivity index (χ2v) is 8.95. The van der Waals surface area contributed by atoms with Gasteiger partial charge in [0, 0.05) is 21.8 Å². The van der Waals surface area contributed by atoms with E-state index in [0.717, 1.165) is 10.0 Å². The summed E-state index contributed by atoms with van der Waals surface area (Å²) in [6.07, 6.45) is 1.64. The third kappa shape index (κ3) is 3.92. The summed E-state index contributed by atoms with van der Waals surface area (Å²) >= 11 is 9.48. The van der Waals surface area contributed by atoms with E-state index in [0.29, 0.717) is 11.4 Å². The number of halogens is 2. The molecule has 3 N–H and O–H groups in total. The molecule has 1 unspecified atom stereocenters. The third-order valence-corrected chi connectivity index (χ3v) is 6.48. The number of nitrogens with one attached hydrogen (secondary N) is 1. The minimum absolute atomic E-state index is 0.429. The summed E-state index contributed by atoms with van der Waals surface area (Å²) in [4.78, 5) is 0. The van der Waals surface area contributed by atoms with Gasteiger partial charge in [0.1, 0.15) is 0 Å². The van der Waals surface area contributed by atoms with Crippen molar-refractivity contribution in [1.29, 1.82) is 0 Å². The van der Waals surface area contributed by atoms with E-state index in [-0.39, 0.29) is 0 Å². The Hall–Kier alpha value is -0.140. The van der Waals surface area contributed by atoms with E-state index >= 15 is 0 Å². The maximum atomic E-state index is 11.8. The molecule has 0 saturated carbocycles. The van der Waals surface area contributed by atoms with Crippen LogP contribution in [0.4, 0.5) is 0 Å². The summed E-state index contributed by atoms with van der Waals surface area (Å²) < 4.78 is 23.6. The minimum Gasteiger partial charge on any atom is -0.271 e. The zero-order chi connectivity index (χ0) is 14.8. The fourth-order valence-corrected chi connectivity index (χ4v) is 3.09. The molecule has 0 bridgehead atoms. The van der Waals surface area contributed by atoms with Crippen LogP contribution in [-0.2, 0) is 16.3 Å². The van der Waals surface area contributed by atoms with Crippen LogP contribution < -0.4 is 11.3 Å². The molecule has 1 rings (SSSR count). The zero-order valence-electron chi connectivity index (χ0n) is 11.1. The molecule has 7 heteroatoms. The van der Waals surface area contributed by atoms with Gasteiger partial charge in [-0.3, -0.25) is 11.3 Å². The third-order valence-electron chi connectivity index (χ3n) is 3.44. The van der Waals surface area contributed by atoms with Gasteiger partial charge < -0.3 is 0 Å². The van der Waals surface area contributed by atoms with Crippen LogP contribution in [0.2, 0.25) is 5.02 Å². The molecule has 0 heterocycles. The predicted octanol–water partition coefficient (Wildman–Crippen LogP) is 2.30. The Morgan fingerprint density at radius 1 is 1.47 bits per heavy atom. The monoisotopic (exact) mass is 368 g/mol. The lowest BCUT2D eigenvalue weighted by Crippen LogP contribution is -2.55. The van der Waals surface area contributed by atoms with Gasteiger partial charge in [0.25, 0.3) is 0 Å². The predicted molar refractivity (Wildman–Crippen MR) is 82.9 cm³/mol. The first-order chi connectivity index (χ1) is 8.59. The fourth-order valence-electron chi connectivity index (χ4n) is 1.67. The van der Waals surface area contributed by atoms with E-state index < -0.39 is 20.6 Å². The fraction of sp³-hybridized carbons (Fsp3) is 0.500. The molecule has 19 heavy (non-hydrogen) atoms. The molecule has 1 aromatic rings. The first kappa shape index (κ1) is 16.9. The number of hydrogen-bond acceptors (Lipinski definition) is 4. The number of rotatable bonds is 5. The Bertz CT molecular complexity index is 561. The van der Waals surface area contributed by atoms with Crippen molar-refractivity contribution >= 4 is 37.4 Å². The SMILES string of the molecule is CC(C)(C(Cc1ccc(Br)cc1Cl)NN)S(C)(=O)=O. The van der Waals surface area contributed by atoms with Crippen LogP contribution in [0.1, 0.15) is 19.4 Å². The Balaban J connectivity index is 3.07. The lowest BCUT2D eigenvalue weighted by Gasteiger charge is -2.32. The Kier molecular flexibility index (Phi) is 5.43. The highest BCUT2D eigenvalue weighted by molar-refractivity contribution is 9.10. The van der Waals surface area contributed by atoms with Crippen LogP contribution in [0.3, 0.4) is 0 Å². The van der Waals surface area contributed by atoms with Crippen molar-refractivity contribution < 1.29 is 8.42 Å². The van der Waals surface area contributed by atoms with E-state index in [1.807, 2.05) is 12.1 Å². The Morgan fingerprint density at radius 2 is 2.05 bits per heavy atom. The van der Waals surface area contributed by atoms with Crippen LogP contribution in [0.25, 0.3) is 0 Å². The molecule has 0 aliphatic carbocycles. The molecule has 0 aliphatic heterocycles. The van der Waals surface area contributed by atoms with Gasteiger partial charge in [0.15, 0.2) is 9.84 Å². The lowest BCUT2D eigenvalue weighted by atomic mass is 9.96. The standard InChI is InChI=1S/C12H18BrClN2O2S/c1-12(2,19(3,17)18)11(16-15)6-8-4-5-9(13)7-10(8)14/h4-5,7,11,16H,6,15H2,1-3H3. The van der Waals surface area contributed by atoms with Crippen LogP contribution in [0.15, 0.2) is 22.7 Å². The highest BCUT2D eigenvalue weighted by Gasteiger charge is 2.38. The van der Waals surface area contributed by atoms with Crippen LogP contribution in [0, 0.1) is 0 Å². The van der Waals surface area contributed by atoms with E-state index in [4.69, 9.17) is 17.4 Å². The van der Waals surface area contributed by atoms with E-state index in [1.54, 1.807) is 19.9 Å². The van der Waals surface area contributed by atoms with Crippen molar-refractivity contribution in [1.82, 2.24) is 5.43 Å². The number of benzene rings is 1. The van der Waals surface area contributed by atoms with Crippen LogP contribution in [0.5, 0.6) is 0 Å². The highest BCUT2D eigenvalue weighted by atomic mass is 79.9. The minimum atomic E-state index is -3.25. The van der Waals surface area contributed by atoms with Gasteiger partial charge in [-0.15, -0.1) is 0 Å². The first-order valence-electron chi connectivity index (χ1n) is 5.69. The van der Waals surface area contributed by atoms with Gasteiger partial charge in [-0.1, -0.05) is 33.6 Å². The normalized spacial score (nSPS) is 14.4. The maximum Gasteiger partial charge on any atom is 0.154 e. The first-order valence-corrected chi connectivity index (χ1v) is 8.75. The number of sulfone groups is 1. The molecule has 4 nitrogen and oxygen atoms in total. The summed E-state index contributed by atoms with van der Waals surface area (Å²) in [5, 5.41) is 0.582. The second kappa shape index (κ2) is 6.10. The van der Waals surface area contributed by atoms with Crippen molar-refractivity contribution in [2.75, 3.05) is 6.26 Å². The maximum absolute atomic E-state index is 11.8. The Labute approximate surface area is 127 Å². The van der Waals surface area contributed by atoms with Gasteiger partial charge in [-0.05, 0) is 38.0 Å². The number of nitrogens with two attached hydrogens (primary N) is 1. The Morgan fingerprint density at radius 3 is 2.47 bits per heavy atom. The number of hydrogen-bond donors (Lipinski definition) is 2. The van der Waals surface area contributed by atoms with Gasteiger partial charge in [0.05, 0.1) is 4.75 Å². The molecular formula is C12H18BrClN2O2S. The van der Waals surface area contributed by atoms with Crippen molar-refractivity contribution in [3.05, 3.63) is 33.3 Å². The van der Waals surface area contributed by atoms with Crippen molar-refractivity contribution in [3.63, 3.8) is 0 Å². The lowest BCUT2D eigenvalue weighted by molar-refractivity contribution is 0.413. The molecule has 1 aromatic carbocycles. The summed E-state index contributed by atoms with van der Waals surface area (Å²) in [6, 6.07) is 5.07. The quantitative estimate of drug-likeness (QED) is 0.617. The highest BCUT2D eigenvalue weighted by Crippen LogP contribution is 2.27. The molecule has 0 aromatic heterocycles. The van der Waals surface area contributed by atoms with Crippen LogP contribution in [-0.4, -0.2) is 25.5 Å². The molecule has 108 valence electrons. The molecule has 0 aliphatic rings. The molecule has 0 fully saturated rings. The van der Waals surface area contributed by atoms with E-state index in [9.17, 15) is 8.42 Å². The summed E-state index contributed by atoms with van der Waals surface area (Å²) in [5.41, 5.74) is 3.44. The topological polar surface area (TPSA) is 72.2 Å². The average Bonchev–Trinajstić information content (AvgIpc) is 2.26. The largest absolute Gasteiger partial charge is 0.271 e. The van der Waals surface area contributed by atoms with Crippen molar-refractivity contribution in [2.45, 2.75) is 31.1 Å². The summed E-state index contributed by atoms with van der Waals surface area (Å²) in [6.45, 7) is 3.30. The van der Waals surface area contributed by atoms with Gasteiger partial charge in [0.2, 0.25) is 0 Å². The van der Waals surface area contributed by atoms with E-state index in [1.165, 1.54) is 6.26 Å². The van der Waals surface area contributed by atoms with Crippen molar-refractivity contribution in [3.8, 4) is 0 Å². The molecule has 0 radical (unpaired) electrons.